The third-order valence-electron chi connectivity index (χ3n) is 8.21. The molecule has 7 rings (SSSR count). The predicted molar refractivity (Wildman–Crippen MR) is 175 cm³/mol. The Morgan fingerprint density at radius 2 is 1.67 bits per heavy atom. The number of hydrogen-bond donors (Lipinski definition) is 2. The summed E-state index contributed by atoms with van der Waals surface area (Å²) in [4.78, 5) is 56.2. The maximum absolute atomic E-state index is 14.0. The summed E-state index contributed by atoms with van der Waals surface area (Å²) in [5.74, 6) is -3.59. The number of amides is 3. The van der Waals surface area contributed by atoms with Gasteiger partial charge < -0.3 is 19.8 Å². The molecule has 3 heterocycles. The number of rotatable bonds is 7. The Labute approximate surface area is 278 Å². The summed E-state index contributed by atoms with van der Waals surface area (Å²) in [6.07, 6.45) is -4.81. The quantitative estimate of drug-likeness (QED) is 0.189. The number of alkyl halides is 3. The van der Waals surface area contributed by atoms with Gasteiger partial charge in [-0.05, 0) is 52.7 Å². The molecule has 1 aromatic heterocycles. The van der Waals surface area contributed by atoms with E-state index in [4.69, 9.17) is 9.47 Å². The van der Waals surface area contributed by atoms with E-state index in [1.165, 1.54) is 19.2 Å². The zero-order chi connectivity index (χ0) is 33.7. The SMILES string of the molecule is COc1cc([C@H]2c3sc(=O)[nH]c3SC3C(=O)N(c4ccccc4C(F)(F)F)C(=O)C32)ccc1OCC(=O)Nc1ccc2ccccc2c1. The number of anilines is 2. The number of benzene rings is 4. The lowest BCUT2D eigenvalue weighted by molar-refractivity contribution is -0.137. The van der Waals surface area contributed by atoms with Crippen molar-refractivity contribution >= 4 is 63.0 Å². The fourth-order valence-corrected chi connectivity index (χ4v) is 8.64. The van der Waals surface area contributed by atoms with E-state index in [1.807, 2.05) is 36.4 Å². The van der Waals surface area contributed by atoms with E-state index in [9.17, 15) is 32.3 Å². The molecule has 0 radical (unpaired) electrons. The highest BCUT2D eigenvalue weighted by Crippen LogP contribution is 2.54. The van der Waals surface area contributed by atoms with E-state index in [1.54, 1.807) is 24.3 Å². The van der Waals surface area contributed by atoms with Gasteiger partial charge in [-0.25, -0.2) is 4.90 Å². The van der Waals surface area contributed by atoms with Crippen LogP contribution < -0.4 is 24.6 Å². The number of carbonyl (C=O) groups excluding carboxylic acids is 3. The average Bonchev–Trinajstić information content (AvgIpc) is 3.56. The molecular formula is C34H24F3N3O6S2. The number of thioether (sulfide) groups is 1. The fourth-order valence-electron chi connectivity index (χ4n) is 6.13. The molecule has 9 nitrogen and oxygen atoms in total. The molecule has 48 heavy (non-hydrogen) atoms. The fraction of sp³-hybridized carbons (Fsp3) is 0.176. The predicted octanol–water partition coefficient (Wildman–Crippen LogP) is 6.43. The molecule has 3 amide bonds. The average molecular weight is 692 g/mol. The van der Waals surface area contributed by atoms with Gasteiger partial charge in [0, 0.05) is 16.5 Å². The summed E-state index contributed by atoms with van der Waals surface area (Å²) < 4.78 is 53.1. The smallest absolute Gasteiger partial charge is 0.418 e. The number of nitrogens with one attached hydrogen (secondary N) is 2. The van der Waals surface area contributed by atoms with Gasteiger partial charge >= 0.3 is 11.0 Å². The summed E-state index contributed by atoms with van der Waals surface area (Å²) in [6.45, 7) is -0.350. The van der Waals surface area contributed by atoms with Crippen molar-refractivity contribution in [2.75, 3.05) is 23.9 Å². The van der Waals surface area contributed by atoms with Crippen LogP contribution in [0.5, 0.6) is 11.5 Å². The lowest BCUT2D eigenvalue weighted by Gasteiger charge is -2.30. The molecule has 0 spiro atoms. The second-order valence-corrected chi connectivity index (χ2v) is 13.3. The van der Waals surface area contributed by atoms with E-state index >= 15 is 0 Å². The minimum absolute atomic E-state index is 0.209. The third-order valence-corrected chi connectivity index (χ3v) is 10.6. The molecule has 2 N–H and O–H groups in total. The minimum atomic E-state index is -4.81. The largest absolute Gasteiger partial charge is 0.493 e. The molecule has 14 heteroatoms. The number of fused-ring (bicyclic) bond motifs is 3. The number of aromatic amines is 1. The number of ether oxygens (including phenoxy) is 2. The van der Waals surface area contributed by atoms with Crippen LogP contribution in [0.3, 0.4) is 0 Å². The molecule has 0 aliphatic carbocycles. The number of H-pyrrole nitrogens is 1. The van der Waals surface area contributed by atoms with Gasteiger partial charge in [-0.15, -0.1) is 0 Å². The molecule has 244 valence electrons. The van der Waals surface area contributed by atoms with E-state index in [0.717, 1.165) is 46.0 Å². The van der Waals surface area contributed by atoms with Gasteiger partial charge in [0.15, 0.2) is 18.1 Å². The first-order chi connectivity index (χ1) is 23.0. The standard InChI is InChI=1S/C34H24F3N3O6S2/c1-45-24-15-19(11-13-23(24)46-16-25(41)38-20-12-10-17-6-2-3-7-18(17)14-20)26-27-29(47-30-28(26)48-33(44)39-30)32(43)40(31(27)42)22-9-5-4-8-21(22)34(35,36)37/h2-15,26-27,29H,16H2,1H3,(H,38,41)(H,39,44)/t26-,27?,29?/m1/s1. The first kappa shape index (κ1) is 31.5. The molecule has 5 aromatic rings. The van der Waals surface area contributed by atoms with Gasteiger partial charge in [-0.1, -0.05) is 71.6 Å². The number of hydrogen-bond acceptors (Lipinski definition) is 8. The molecule has 1 fully saturated rings. The van der Waals surface area contributed by atoms with Crippen LogP contribution in [0.4, 0.5) is 24.5 Å². The molecule has 0 saturated carbocycles. The topological polar surface area (TPSA) is 118 Å². The summed E-state index contributed by atoms with van der Waals surface area (Å²) in [6, 6.07) is 22.4. The van der Waals surface area contributed by atoms with Crippen LogP contribution in [-0.2, 0) is 20.6 Å². The second-order valence-electron chi connectivity index (χ2n) is 11.1. The van der Waals surface area contributed by atoms with E-state index in [2.05, 4.69) is 10.3 Å². The molecule has 2 aliphatic heterocycles. The minimum Gasteiger partial charge on any atom is -0.493 e. The Morgan fingerprint density at radius 3 is 2.44 bits per heavy atom. The Balaban J connectivity index is 1.17. The number of imide groups is 1. The second kappa shape index (κ2) is 12.2. The summed E-state index contributed by atoms with van der Waals surface area (Å²) >= 11 is 1.82. The molecular weight excluding hydrogens is 668 g/mol. The molecule has 2 aliphatic rings. The number of para-hydroxylation sites is 1. The lowest BCUT2D eigenvalue weighted by Crippen LogP contribution is -2.33. The van der Waals surface area contributed by atoms with Crippen molar-refractivity contribution in [3.05, 3.63) is 111 Å². The van der Waals surface area contributed by atoms with Crippen LogP contribution in [0.15, 0.2) is 94.7 Å². The van der Waals surface area contributed by atoms with Crippen molar-refractivity contribution in [3.8, 4) is 11.5 Å². The number of nitrogens with zero attached hydrogens (tertiary/aromatic N) is 1. The van der Waals surface area contributed by atoms with Gasteiger partial charge in [-0.2, -0.15) is 13.2 Å². The first-order valence-corrected chi connectivity index (χ1v) is 16.3. The van der Waals surface area contributed by atoms with Gasteiger partial charge in [0.05, 0.1) is 29.3 Å². The number of thiazole rings is 1. The third kappa shape index (κ3) is 5.60. The Kier molecular flexibility index (Phi) is 8.00. The van der Waals surface area contributed by atoms with E-state index in [0.29, 0.717) is 26.1 Å². The summed E-state index contributed by atoms with van der Waals surface area (Å²) in [5.41, 5.74) is -0.589. The van der Waals surface area contributed by atoms with E-state index in [-0.39, 0.29) is 18.1 Å². The van der Waals surface area contributed by atoms with Crippen molar-refractivity contribution in [1.82, 2.24) is 4.98 Å². The van der Waals surface area contributed by atoms with Gasteiger partial charge in [0.2, 0.25) is 11.8 Å². The van der Waals surface area contributed by atoms with Crippen LogP contribution in [0, 0.1) is 5.92 Å². The summed E-state index contributed by atoms with van der Waals surface area (Å²) in [7, 11) is 1.39. The molecule has 4 aromatic carbocycles. The van der Waals surface area contributed by atoms with E-state index < -0.39 is 57.1 Å². The Hall–Kier alpha value is -5.08. The van der Waals surface area contributed by atoms with Crippen LogP contribution in [0.1, 0.15) is 21.9 Å². The van der Waals surface area contributed by atoms with Gasteiger partial charge in [0.25, 0.3) is 5.91 Å². The Bertz CT molecular complexity index is 2160. The highest BCUT2D eigenvalue weighted by Gasteiger charge is 2.57. The lowest BCUT2D eigenvalue weighted by atomic mass is 9.83. The van der Waals surface area contributed by atoms with Gasteiger partial charge in [-0.3, -0.25) is 19.2 Å². The Morgan fingerprint density at radius 1 is 0.917 bits per heavy atom. The highest BCUT2D eigenvalue weighted by atomic mass is 32.2. The number of aromatic nitrogens is 1. The molecule has 0 bridgehead atoms. The maximum Gasteiger partial charge on any atom is 0.418 e. The van der Waals surface area contributed by atoms with Crippen molar-refractivity contribution in [2.24, 2.45) is 5.92 Å². The van der Waals surface area contributed by atoms with Gasteiger partial charge in [0.1, 0.15) is 5.25 Å². The number of carbonyl (C=O) groups is 3. The van der Waals surface area contributed by atoms with Crippen LogP contribution in [0.25, 0.3) is 10.8 Å². The number of methoxy groups -OCH3 is 1. The highest BCUT2D eigenvalue weighted by molar-refractivity contribution is 8.00. The van der Waals surface area contributed by atoms with Crippen molar-refractivity contribution in [2.45, 2.75) is 22.4 Å². The van der Waals surface area contributed by atoms with Crippen molar-refractivity contribution in [3.63, 3.8) is 0 Å². The number of halogens is 3. The zero-order valence-electron chi connectivity index (χ0n) is 24.9. The molecule has 1 saturated heterocycles. The first-order valence-electron chi connectivity index (χ1n) is 14.6. The molecule has 3 atom stereocenters. The monoisotopic (exact) mass is 691 g/mol. The molecule has 2 unspecified atom stereocenters. The van der Waals surface area contributed by atoms with Crippen molar-refractivity contribution in [1.29, 1.82) is 0 Å². The van der Waals surface area contributed by atoms with Crippen LogP contribution in [0.2, 0.25) is 0 Å². The van der Waals surface area contributed by atoms with Crippen LogP contribution >= 0.6 is 23.1 Å². The maximum atomic E-state index is 14.0. The van der Waals surface area contributed by atoms with Crippen LogP contribution in [-0.4, -0.2) is 41.7 Å². The summed E-state index contributed by atoms with van der Waals surface area (Å²) in [5, 5.41) is 4.06. The zero-order valence-corrected chi connectivity index (χ0v) is 26.5. The van der Waals surface area contributed by atoms with Crippen molar-refractivity contribution < 1.29 is 37.0 Å². The normalized spacial score (nSPS) is 18.8.